The number of anilines is 1. The van der Waals surface area contributed by atoms with E-state index in [1.54, 1.807) is 0 Å². The van der Waals surface area contributed by atoms with Crippen molar-refractivity contribution in [3.63, 3.8) is 0 Å². The molecule has 0 saturated carbocycles. The maximum Gasteiger partial charge on any atom is 0.216 e. The van der Waals surface area contributed by atoms with E-state index in [2.05, 4.69) is 46.7 Å². The number of rotatable bonds is 0. The highest BCUT2D eigenvalue weighted by Gasteiger charge is 2.61. The van der Waals surface area contributed by atoms with E-state index in [1.165, 1.54) is 0 Å². The molecule has 0 radical (unpaired) electrons. The van der Waals surface area contributed by atoms with Gasteiger partial charge in [0, 0.05) is 23.0 Å². The summed E-state index contributed by atoms with van der Waals surface area (Å²) in [6.07, 6.45) is 1.89. The summed E-state index contributed by atoms with van der Waals surface area (Å²) < 4.78 is 3.60. The summed E-state index contributed by atoms with van der Waals surface area (Å²) in [5.74, 6) is 0.146. The largest absolute Gasteiger partial charge is 1.00 e. The fourth-order valence-electron chi connectivity index (χ4n) is 5.51. The molecule has 6 rings (SSSR count). The average molecular weight is 518 g/mol. The Labute approximate surface area is 177 Å². The van der Waals surface area contributed by atoms with Crippen molar-refractivity contribution in [3.8, 4) is 5.75 Å². The molecule has 4 aliphatic heterocycles. The van der Waals surface area contributed by atoms with Gasteiger partial charge in [0.15, 0.2) is 5.75 Å². The van der Waals surface area contributed by atoms with Crippen molar-refractivity contribution in [2.45, 2.75) is 36.5 Å². The highest BCUT2D eigenvalue weighted by Crippen LogP contribution is 2.51. The molecule has 2 bridgehead atoms. The Morgan fingerprint density at radius 3 is 2.85 bits per heavy atom. The molecule has 4 atom stereocenters. The van der Waals surface area contributed by atoms with E-state index < -0.39 is 23.7 Å². The molecule has 9 heteroatoms. The molecule has 0 aromatic heterocycles. The molecular weight excluding hydrogens is 501 g/mol. The van der Waals surface area contributed by atoms with Crippen LogP contribution in [0.3, 0.4) is 0 Å². The van der Waals surface area contributed by atoms with Gasteiger partial charge in [0.1, 0.15) is 29.1 Å². The number of aliphatic imine (C=N–C) groups is 1. The first-order valence-electron chi connectivity index (χ1n) is 8.75. The van der Waals surface area contributed by atoms with Crippen molar-refractivity contribution >= 4 is 53.4 Å². The Morgan fingerprint density at radius 2 is 2.07 bits per heavy atom. The molecular formula is C18H16Br2ClN3O3. The van der Waals surface area contributed by atoms with Gasteiger partial charge in [-0.05, 0) is 22.4 Å². The first-order valence-corrected chi connectivity index (χ1v) is 10.3. The molecule has 0 fully saturated rings. The summed E-state index contributed by atoms with van der Waals surface area (Å²) in [5.41, 5.74) is 2.65. The lowest BCUT2D eigenvalue weighted by Crippen LogP contribution is -3.00. The number of aliphatic hydroxyl groups excluding tert-OH is 2. The molecule has 0 amide bonds. The van der Waals surface area contributed by atoms with Gasteiger partial charge >= 0.3 is 0 Å². The maximum atomic E-state index is 11.3. The fraction of sp³-hybridized carbons (Fsp3) is 0.444. The van der Waals surface area contributed by atoms with E-state index >= 15 is 0 Å². The smallest absolute Gasteiger partial charge is 0.216 e. The zero-order chi connectivity index (χ0) is 18.0. The third kappa shape index (κ3) is 1.89. The van der Waals surface area contributed by atoms with Gasteiger partial charge in [-0.3, -0.25) is 0 Å². The second kappa shape index (κ2) is 5.57. The highest BCUT2D eigenvalue weighted by atomic mass is 79.9. The van der Waals surface area contributed by atoms with E-state index in [0.29, 0.717) is 35.4 Å². The van der Waals surface area contributed by atoms with Gasteiger partial charge in [0.25, 0.3) is 0 Å². The van der Waals surface area contributed by atoms with Crippen molar-refractivity contribution < 1.29 is 27.7 Å². The predicted molar refractivity (Wildman–Crippen MR) is 105 cm³/mol. The molecule has 6 nitrogen and oxygen atoms in total. The van der Waals surface area contributed by atoms with Gasteiger partial charge in [-0.2, -0.15) is 0 Å². The van der Waals surface area contributed by atoms with E-state index in [0.717, 1.165) is 32.8 Å². The number of aromatic hydroxyl groups is 1. The summed E-state index contributed by atoms with van der Waals surface area (Å²) in [7, 11) is 0. The lowest BCUT2D eigenvalue weighted by atomic mass is 9.62. The lowest BCUT2D eigenvalue weighted by molar-refractivity contribution is -0.0136. The van der Waals surface area contributed by atoms with Crippen LogP contribution < -0.4 is 32.9 Å². The van der Waals surface area contributed by atoms with E-state index in [-0.39, 0.29) is 18.2 Å². The zero-order valence-corrected chi connectivity index (χ0v) is 17.9. The molecule has 1 aliphatic carbocycles. The fourth-order valence-corrected chi connectivity index (χ4v) is 6.77. The SMILES string of the molecule is Oc1c2c3c4c5c1N=C(Br)C=5CC[N+]=4C1C(O)C(Br)=CC3(CCN2)C1O.[Cl-]. The number of aliphatic hydroxyl groups is 2. The number of hydrogen-bond donors (Lipinski definition) is 4. The van der Waals surface area contributed by atoms with Crippen molar-refractivity contribution in [2.75, 3.05) is 18.4 Å². The molecule has 4 N–H and O–H groups in total. The molecule has 0 saturated heterocycles. The minimum atomic E-state index is -0.779. The quantitative estimate of drug-likeness (QED) is 0.223. The number of phenols is 1. The number of halogens is 3. The molecule has 142 valence electrons. The second-order valence-corrected chi connectivity index (χ2v) is 9.29. The van der Waals surface area contributed by atoms with Crippen molar-refractivity contribution in [3.05, 3.63) is 26.7 Å². The molecule has 27 heavy (non-hydrogen) atoms. The Hall–Kier alpha value is -0.930. The van der Waals surface area contributed by atoms with E-state index in [1.807, 2.05) is 6.08 Å². The van der Waals surface area contributed by atoms with E-state index in [9.17, 15) is 15.3 Å². The van der Waals surface area contributed by atoms with Gasteiger partial charge in [0.05, 0.1) is 21.9 Å². The van der Waals surface area contributed by atoms with Crippen LogP contribution in [0.4, 0.5) is 11.4 Å². The van der Waals surface area contributed by atoms with Gasteiger partial charge in [-0.25, -0.2) is 9.57 Å². The Kier molecular flexibility index (Phi) is 3.74. The molecule has 5 aliphatic rings. The van der Waals surface area contributed by atoms with Crippen LogP contribution in [0.25, 0.3) is 5.57 Å². The van der Waals surface area contributed by atoms with Crippen molar-refractivity contribution in [2.24, 2.45) is 4.99 Å². The molecule has 4 unspecified atom stereocenters. The van der Waals surface area contributed by atoms with Crippen LogP contribution in [0, 0.1) is 0 Å². The number of fused-ring (bicyclic) bond motifs is 2. The second-order valence-electron chi connectivity index (χ2n) is 7.62. The number of benzene rings is 1. The standard InChI is InChI=1S/C18H15Br2N3O3.ClH/c19-7-5-18-2-3-21-11-9(18)12-8-6(17(20)22-10(8)15(11)25)1-4-23(12)13(14(7)24)16(18)26;/h5,13-14,16,24,26H,1-4H2,(H,21,22,25);1H. The molecule has 1 aromatic rings. The maximum absolute atomic E-state index is 11.3. The molecule has 1 aromatic carbocycles. The first-order chi connectivity index (χ1) is 12.5. The lowest BCUT2D eigenvalue weighted by Gasteiger charge is -2.48. The van der Waals surface area contributed by atoms with Crippen LogP contribution in [0.2, 0.25) is 0 Å². The summed E-state index contributed by atoms with van der Waals surface area (Å²) in [5, 5.41) is 38.4. The first kappa shape index (κ1) is 18.1. The third-order valence-electron chi connectivity index (χ3n) is 6.59. The van der Waals surface area contributed by atoms with Gasteiger partial charge in [0.2, 0.25) is 11.4 Å². The summed E-state index contributed by atoms with van der Waals surface area (Å²) in [6.45, 7) is 1.33. The van der Waals surface area contributed by atoms with Crippen LogP contribution in [-0.2, 0) is 5.41 Å². The van der Waals surface area contributed by atoms with Crippen LogP contribution in [0.5, 0.6) is 5.75 Å². The van der Waals surface area contributed by atoms with Crippen molar-refractivity contribution in [1.82, 2.24) is 4.58 Å². The topological polar surface area (TPSA) is 88.1 Å². The Morgan fingerprint density at radius 1 is 1.30 bits per heavy atom. The van der Waals surface area contributed by atoms with Gasteiger partial charge < -0.3 is 33.0 Å². The number of nitrogens with one attached hydrogen (secondary N) is 1. The normalized spacial score (nSPS) is 34.3. The number of nitrogens with zero attached hydrogens (tertiary/aromatic N) is 2. The number of hydrogen-bond acceptors (Lipinski definition) is 5. The predicted octanol–water partition coefficient (Wildman–Crippen LogP) is -2.67. The van der Waals surface area contributed by atoms with Gasteiger partial charge in [-0.1, -0.05) is 22.0 Å². The van der Waals surface area contributed by atoms with Crippen LogP contribution in [0.15, 0.2) is 15.6 Å². The van der Waals surface area contributed by atoms with Gasteiger partial charge in [-0.15, -0.1) is 0 Å². The van der Waals surface area contributed by atoms with Crippen LogP contribution >= 0.6 is 31.9 Å². The Balaban J connectivity index is 0.00000160. The summed E-state index contributed by atoms with van der Waals surface area (Å²) in [4.78, 5) is 4.57. The van der Waals surface area contributed by atoms with Crippen LogP contribution in [-0.4, -0.2) is 51.3 Å². The van der Waals surface area contributed by atoms with Crippen LogP contribution in [0.1, 0.15) is 18.4 Å². The highest BCUT2D eigenvalue weighted by molar-refractivity contribution is 9.18. The monoisotopic (exact) mass is 515 g/mol. The minimum absolute atomic E-state index is 0. The summed E-state index contributed by atoms with van der Waals surface area (Å²) >= 11 is 7.08. The van der Waals surface area contributed by atoms with Crippen molar-refractivity contribution in [1.29, 1.82) is 0 Å². The number of phenolic OH excluding ortho intramolecular Hbond substituents is 1. The summed E-state index contributed by atoms with van der Waals surface area (Å²) in [6, 6.07) is -0.414. The molecule has 4 heterocycles. The van der Waals surface area contributed by atoms with E-state index in [4.69, 9.17) is 0 Å². The zero-order valence-electron chi connectivity index (χ0n) is 14.0. The molecule has 1 spiro atoms. The minimum Gasteiger partial charge on any atom is -1.00 e. The Bertz CT molecular complexity index is 1120. The third-order valence-corrected chi connectivity index (χ3v) is 7.94. The average Bonchev–Trinajstić information content (AvgIpc) is 2.96.